The zero-order valence-corrected chi connectivity index (χ0v) is 13.5. The normalized spacial score (nSPS) is 18.1. The summed E-state index contributed by atoms with van der Waals surface area (Å²) >= 11 is 0. The molecule has 2 aromatic heterocycles. The van der Waals surface area contributed by atoms with E-state index in [0.29, 0.717) is 5.69 Å². The standard InChI is InChI=1S/C16H22N4O2/c1-10-8-14(22-19-10)15(21)18-12-6-5-7-13-11(12)9-17-20(13)16(2,3)4/h8-9,12H,5-7H2,1-4H3,(H,18,21)/t12-/m0/s1. The van der Waals surface area contributed by atoms with Gasteiger partial charge >= 0.3 is 0 Å². The molecule has 22 heavy (non-hydrogen) atoms. The first kappa shape index (κ1) is 14.8. The molecule has 0 aromatic carbocycles. The number of hydrogen-bond acceptors (Lipinski definition) is 4. The van der Waals surface area contributed by atoms with Crippen LogP contribution in [-0.2, 0) is 12.0 Å². The molecule has 0 unspecified atom stereocenters. The predicted molar refractivity (Wildman–Crippen MR) is 81.6 cm³/mol. The van der Waals surface area contributed by atoms with Crippen molar-refractivity contribution in [2.75, 3.05) is 0 Å². The fourth-order valence-electron chi connectivity index (χ4n) is 2.98. The largest absolute Gasteiger partial charge is 0.351 e. The third kappa shape index (κ3) is 2.65. The van der Waals surface area contributed by atoms with Gasteiger partial charge in [-0.05, 0) is 47.0 Å². The summed E-state index contributed by atoms with van der Waals surface area (Å²) in [5.74, 6) is 0.0368. The molecule has 0 fully saturated rings. The number of nitrogens with zero attached hydrogens (tertiary/aromatic N) is 3. The molecule has 118 valence electrons. The van der Waals surface area contributed by atoms with Crippen molar-refractivity contribution in [1.82, 2.24) is 20.3 Å². The quantitative estimate of drug-likeness (QED) is 0.925. The average Bonchev–Trinajstić information content (AvgIpc) is 3.04. The summed E-state index contributed by atoms with van der Waals surface area (Å²) in [4.78, 5) is 12.3. The molecule has 0 spiro atoms. The van der Waals surface area contributed by atoms with Crippen LogP contribution in [0.1, 0.15) is 67.2 Å². The second kappa shape index (κ2) is 5.26. The van der Waals surface area contributed by atoms with Gasteiger partial charge in [0.05, 0.1) is 23.5 Å². The topological polar surface area (TPSA) is 73.0 Å². The Kier molecular flexibility index (Phi) is 3.54. The van der Waals surface area contributed by atoms with Crippen LogP contribution in [0.15, 0.2) is 16.8 Å². The first-order chi connectivity index (χ1) is 10.4. The molecule has 1 atom stereocenters. The van der Waals surface area contributed by atoms with Gasteiger partial charge in [0.25, 0.3) is 5.91 Å². The summed E-state index contributed by atoms with van der Waals surface area (Å²) in [7, 11) is 0. The summed E-state index contributed by atoms with van der Waals surface area (Å²) in [6.45, 7) is 8.21. The Morgan fingerprint density at radius 1 is 1.45 bits per heavy atom. The van der Waals surface area contributed by atoms with Gasteiger partial charge in [0.1, 0.15) is 0 Å². The van der Waals surface area contributed by atoms with Gasteiger partial charge in [-0.2, -0.15) is 5.10 Å². The number of aromatic nitrogens is 3. The zero-order chi connectivity index (χ0) is 15.9. The van der Waals surface area contributed by atoms with E-state index in [1.807, 2.05) is 6.20 Å². The third-order valence-corrected chi connectivity index (χ3v) is 3.98. The first-order valence-electron chi connectivity index (χ1n) is 7.68. The molecule has 0 aliphatic heterocycles. The van der Waals surface area contributed by atoms with Crippen LogP contribution in [0.5, 0.6) is 0 Å². The average molecular weight is 302 g/mol. The fourth-order valence-corrected chi connectivity index (χ4v) is 2.98. The molecule has 6 nitrogen and oxygen atoms in total. The van der Waals surface area contributed by atoms with Crippen molar-refractivity contribution >= 4 is 5.91 Å². The van der Waals surface area contributed by atoms with Crippen molar-refractivity contribution < 1.29 is 9.32 Å². The molecule has 1 aliphatic rings. The van der Waals surface area contributed by atoms with E-state index in [4.69, 9.17) is 4.52 Å². The number of amides is 1. The molecule has 6 heteroatoms. The zero-order valence-electron chi connectivity index (χ0n) is 13.5. The molecule has 1 N–H and O–H groups in total. The van der Waals surface area contributed by atoms with Crippen molar-refractivity contribution in [2.45, 2.75) is 58.5 Å². The van der Waals surface area contributed by atoms with E-state index < -0.39 is 0 Å². The summed E-state index contributed by atoms with van der Waals surface area (Å²) in [5.41, 5.74) is 2.99. The summed E-state index contributed by atoms with van der Waals surface area (Å²) in [6.07, 6.45) is 4.84. The van der Waals surface area contributed by atoms with Crippen molar-refractivity contribution in [2.24, 2.45) is 0 Å². The number of rotatable bonds is 2. The minimum atomic E-state index is -0.220. The maximum atomic E-state index is 12.3. The van der Waals surface area contributed by atoms with E-state index in [9.17, 15) is 4.79 Å². The summed E-state index contributed by atoms with van der Waals surface area (Å²) in [6, 6.07) is 1.63. The third-order valence-electron chi connectivity index (χ3n) is 3.98. The predicted octanol–water partition coefficient (Wildman–Crippen LogP) is 2.74. The highest BCUT2D eigenvalue weighted by Gasteiger charge is 2.29. The van der Waals surface area contributed by atoms with Gasteiger partial charge in [-0.3, -0.25) is 9.48 Å². The van der Waals surface area contributed by atoms with Crippen LogP contribution in [0.25, 0.3) is 0 Å². The van der Waals surface area contributed by atoms with Gasteiger partial charge in [0.2, 0.25) is 5.76 Å². The Morgan fingerprint density at radius 2 is 2.23 bits per heavy atom. The highest BCUT2D eigenvalue weighted by atomic mass is 16.5. The van der Waals surface area contributed by atoms with Gasteiger partial charge in [0, 0.05) is 17.3 Å². The van der Waals surface area contributed by atoms with Gasteiger partial charge < -0.3 is 9.84 Å². The van der Waals surface area contributed by atoms with Crippen molar-refractivity contribution in [3.05, 3.63) is 35.0 Å². The second-order valence-electron chi connectivity index (χ2n) is 6.88. The number of hydrogen-bond donors (Lipinski definition) is 1. The van der Waals surface area contributed by atoms with E-state index in [1.54, 1.807) is 13.0 Å². The van der Waals surface area contributed by atoms with Crippen LogP contribution >= 0.6 is 0 Å². The monoisotopic (exact) mass is 302 g/mol. The van der Waals surface area contributed by atoms with E-state index in [-0.39, 0.29) is 23.2 Å². The molecular formula is C16H22N4O2. The van der Waals surface area contributed by atoms with Crippen LogP contribution in [0, 0.1) is 6.92 Å². The van der Waals surface area contributed by atoms with Crippen molar-refractivity contribution in [3.63, 3.8) is 0 Å². The summed E-state index contributed by atoms with van der Waals surface area (Å²) < 4.78 is 7.10. The van der Waals surface area contributed by atoms with Crippen LogP contribution in [0.2, 0.25) is 0 Å². The van der Waals surface area contributed by atoms with E-state index in [2.05, 4.69) is 41.0 Å². The molecule has 0 bridgehead atoms. The maximum absolute atomic E-state index is 12.3. The lowest BCUT2D eigenvalue weighted by Gasteiger charge is -2.28. The maximum Gasteiger partial charge on any atom is 0.290 e. The SMILES string of the molecule is Cc1cc(C(=O)N[C@H]2CCCc3c2cnn3C(C)(C)C)on1. The lowest BCUT2D eigenvalue weighted by Crippen LogP contribution is -2.32. The highest BCUT2D eigenvalue weighted by Crippen LogP contribution is 2.32. The minimum absolute atomic E-state index is 0.0160. The smallest absolute Gasteiger partial charge is 0.290 e. The highest BCUT2D eigenvalue weighted by molar-refractivity contribution is 5.91. The number of nitrogens with one attached hydrogen (secondary N) is 1. The lowest BCUT2D eigenvalue weighted by molar-refractivity contribution is 0.0895. The van der Waals surface area contributed by atoms with Crippen LogP contribution in [-0.4, -0.2) is 20.8 Å². The van der Waals surface area contributed by atoms with Gasteiger partial charge in [-0.15, -0.1) is 0 Å². The van der Waals surface area contributed by atoms with Gasteiger partial charge in [-0.25, -0.2) is 0 Å². The van der Waals surface area contributed by atoms with Gasteiger partial charge in [0.15, 0.2) is 0 Å². The molecule has 1 aliphatic carbocycles. The molecule has 0 saturated heterocycles. The van der Waals surface area contributed by atoms with Crippen molar-refractivity contribution in [1.29, 1.82) is 0 Å². The number of aryl methyl sites for hydroxylation is 1. The Hall–Kier alpha value is -2.11. The first-order valence-corrected chi connectivity index (χ1v) is 7.68. The molecular weight excluding hydrogens is 280 g/mol. The van der Waals surface area contributed by atoms with Crippen LogP contribution in [0.4, 0.5) is 0 Å². The van der Waals surface area contributed by atoms with Gasteiger partial charge in [-0.1, -0.05) is 5.16 Å². The number of carbonyl (C=O) groups excluding carboxylic acids is 1. The Morgan fingerprint density at radius 3 is 2.86 bits per heavy atom. The number of fused-ring (bicyclic) bond motifs is 1. The van der Waals surface area contributed by atoms with E-state index in [1.165, 1.54) is 5.69 Å². The Balaban J connectivity index is 1.83. The molecule has 0 saturated carbocycles. The number of carbonyl (C=O) groups is 1. The molecule has 2 aromatic rings. The molecule has 0 radical (unpaired) electrons. The molecule has 2 heterocycles. The fraction of sp³-hybridized carbons (Fsp3) is 0.562. The summed E-state index contributed by atoms with van der Waals surface area (Å²) in [5, 5.41) is 11.3. The molecule has 3 rings (SSSR count). The Bertz CT molecular complexity index is 693. The second-order valence-corrected chi connectivity index (χ2v) is 6.88. The van der Waals surface area contributed by atoms with E-state index >= 15 is 0 Å². The van der Waals surface area contributed by atoms with E-state index in [0.717, 1.165) is 24.8 Å². The lowest BCUT2D eigenvalue weighted by atomic mass is 9.92. The minimum Gasteiger partial charge on any atom is -0.351 e. The van der Waals surface area contributed by atoms with Crippen LogP contribution in [0.3, 0.4) is 0 Å². The van der Waals surface area contributed by atoms with Crippen LogP contribution < -0.4 is 5.32 Å². The molecule has 1 amide bonds. The van der Waals surface area contributed by atoms with Crippen molar-refractivity contribution in [3.8, 4) is 0 Å². The Labute approximate surface area is 129 Å².